The summed E-state index contributed by atoms with van der Waals surface area (Å²) in [6.07, 6.45) is 1.12. The van der Waals surface area contributed by atoms with Crippen molar-refractivity contribution in [2.45, 2.75) is 13.3 Å². The lowest BCUT2D eigenvalue weighted by Crippen LogP contribution is -1.87. The molecule has 66 valence electrons. The van der Waals surface area contributed by atoms with Crippen molar-refractivity contribution in [2.24, 2.45) is 0 Å². The van der Waals surface area contributed by atoms with Gasteiger partial charge >= 0.3 is 0 Å². The molecule has 1 aromatic heterocycles. The van der Waals surface area contributed by atoms with Gasteiger partial charge in [-0.2, -0.15) is 0 Å². The molecule has 0 bridgehead atoms. The van der Waals surface area contributed by atoms with Gasteiger partial charge in [-0.15, -0.1) is 8.19 Å². The Morgan fingerprint density at radius 1 is 1.08 bits per heavy atom. The molecule has 1 unspecified atom stereocenters. The highest BCUT2D eigenvalue weighted by molar-refractivity contribution is 7.30. The Hall–Kier alpha value is -1.000. The zero-order valence-corrected chi connectivity index (χ0v) is 8.75. The molecule has 2 aromatic rings. The number of aryl methyl sites for hydroxylation is 1. The van der Waals surface area contributed by atoms with Crippen LogP contribution in [-0.2, 0) is 6.42 Å². The Kier molecular flexibility index (Phi) is 2.52. The van der Waals surface area contributed by atoms with Crippen LogP contribution in [0, 0.1) is 6.92 Å². The zero-order valence-electron chi connectivity index (χ0n) is 7.75. The predicted molar refractivity (Wildman–Crippen MR) is 59.9 cm³/mol. The lowest BCUT2D eigenvalue weighted by atomic mass is 10.1. The molecule has 0 radical (unpaired) electrons. The molecule has 0 aliphatic heterocycles. The second kappa shape index (κ2) is 3.81. The summed E-state index contributed by atoms with van der Waals surface area (Å²) in [6, 6.07) is 13.0. The van der Waals surface area contributed by atoms with Crippen LogP contribution < -0.4 is 0 Å². The summed E-state index contributed by atoms with van der Waals surface area (Å²) in [4.78, 5) is 0. The van der Waals surface area contributed by atoms with Gasteiger partial charge < -0.3 is 0 Å². The predicted octanol–water partition coefficient (Wildman–Crippen LogP) is 3.62. The highest BCUT2D eigenvalue weighted by Gasteiger charge is 1.98. The topological polar surface area (TPSA) is 0 Å². The maximum Gasteiger partial charge on any atom is 0.00120 e. The smallest absolute Gasteiger partial charge is 0.00120 e. The van der Waals surface area contributed by atoms with Gasteiger partial charge in [-0.1, -0.05) is 36.4 Å². The third-order valence-electron chi connectivity index (χ3n) is 2.30. The van der Waals surface area contributed by atoms with Crippen LogP contribution in [0.5, 0.6) is 0 Å². The molecule has 1 heterocycles. The van der Waals surface area contributed by atoms with Crippen LogP contribution >= 0.6 is 8.19 Å². The van der Waals surface area contributed by atoms with Gasteiger partial charge in [0.05, 0.1) is 0 Å². The maximum atomic E-state index is 2.24. The monoisotopic (exact) mass is 188 g/mol. The second-order valence-corrected chi connectivity index (χ2v) is 4.56. The molecule has 0 N–H and O–H groups in total. The molecule has 0 nitrogen and oxygen atoms in total. The maximum absolute atomic E-state index is 2.24. The average molecular weight is 188 g/mol. The minimum Gasteiger partial charge on any atom is -0.136 e. The third-order valence-corrected chi connectivity index (χ3v) is 3.38. The van der Waals surface area contributed by atoms with Gasteiger partial charge in [-0.05, 0) is 29.1 Å². The van der Waals surface area contributed by atoms with E-state index in [1.807, 2.05) is 0 Å². The molecular formula is C12H13P. The molecule has 0 aliphatic rings. The quantitative estimate of drug-likeness (QED) is 0.675. The van der Waals surface area contributed by atoms with E-state index >= 15 is 0 Å². The van der Waals surface area contributed by atoms with Crippen molar-refractivity contribution in [2.75, 3.05) is 0 Å². The van der Waals surface area contributed by atoms with Crippen LogP contribution in [-0.4, -0.2) is 0 Å². The van der Waals surface area contributed by atoms with E-state index in [9.17, 15) is 0 Å². The van der Waals surface area contributed by atoms with E-state index in [4.69, 9.17) is 0 Å². The summed E-state index contributed by atoms with van der Waals surface area (Å²) in [6.45, 7) is 2.18. The zero-order chi connectivity index (χ0) is 9.10. The normalized spacial score (nSPS) is 10.8. The summed E-state index contributed by atoms with van der Waals surface area (Å²) in [5.74, 6) is 2.24. The third kappa shape index (κ3) is 2.02. The highest BCUT2D eigenvalue weighted by Crippen LogP contribution is 2.20. The fourth-order valence-corrected chi connectivity index (χ4v) is 2.38. The van der Waals surface area contributed by atoms with Crippen molar-refractivity contribution in [1.29, 1.82) is 0 Å². The fourth-order valence-electron chi connectivity index (χ4n) is 1.49. The minimum absolute atomic E-state index is 0.902. The van der Waals surface area contributed by atoms with Crippen LogP contribution in [0.4, 0.5) is 0 Å². The molecule has 1 atom stereocenters. The number of hydrogen-bond donors (Lipinski definition) is 0. The number of benzene rings is 1. The molecule has 1 heteroatoms. The Morgan fingerprint density at radius 3 is 2.62 bits per heavy atom. The molecule has 0 saturated heterocycles. The Morgan fingerprint density at radius 2 is 1.92 bits per heavy atom. The molecular weight excluding hydrogens is 175 g/mol. The van der Waals surface area contributed by atoms with E-state index in [0.717, 1.165) is 14.6 Å². The first-order chi connectivity index (χ1) is 6.36. The molecule has 0 amide bonds. The standard InChI is InChI=1S/C12H13P/c1-10-5-2-3-6-11(10)9-12-7-4-8-13-12/h2-8,13H,9H2,1H3. The Labute approximate surface area is 80.7 Å². The van der Waals surface area contributed by atoms with Crippen molar-refractivity contribution in [3.8, 4) is 0 Å². The van der Waals surface area contributed by atoms with Crippen LogP contribution in [0.15, 0.2) is 42.2 Å². The summed E-state index contributed by atoms with van der Waals surface area (Å²) < 4.78 is 0. The summed E-state index contributed by atoms with van der Waals surface area (Å²) >= 11 is 0. The Bertz CT molecular complexity index is 374. The van der Waals surface area contributed by atoms with Crippen LogP contribution in [0.25, 0.3) is 0 Å². The highest BCUT2D eigenvalue weighted by atomic mass is 31.0. The average Bonchev–Trinajstić information content (AvgIpc) is 2.61. The van der Waals surface area contributed by atoms with E-state index in [-0.39, 0.29) is 0 Å². The van der Waals surface area contributed by atoms with Gasteiger partial charge in [0.25, 0.3) is 0 Å². The van der Waals surface area contributed by atoms with Gasteiger partial charge in [-0.25, -0.2) is 0 Å². The molecule has 0 aliphatic carbocycles. The molecule has 0 spiro atoms. The first-order valence-electron chi connectivity index (χ1n) is 4.53. The fraction of sp³-hybridized carbons (Fsp3) is 0.167. The van der Waals surface area contributed by atoms with Gasteiger partial charge in [0.15, 0.2) is 0 Å². The van der Waals surface area contributed by atoms with Crippen LogP contribution in [0.2, 0.25) is 0 Å². The lowest BCUT2D eigenvalue weighted by molar-refractivity contribution is 1.19. The largest absolute Gasteiger partial charge is 0.136 e. The second-order valence-electron chi connectivity index (χ2n) is 3.30. The van der Waals surface area contributed by atoms with E-state index < -0.39 is 0 Å². The van der Waals surface area contributed by atoms with E-state index in [2.05, 4.69) is 49.1 Å². The van der Waals surface area contributed by atoms with Crippen LogP contribution in [0.1, 0.15) is 16.4 Å². The molecule has 0 saturated carbocycles. The summed E-state index contributed by atoms with van der Waals surface area (Å²) in [5.41, 5.74) is 2.87. The van der Waals surface area contributed by atoms with Crippen molar-refractivity contribution in [3.63, 3.8) is 0 Å². The minimum atomic E-state index is 0.902. The first-order valence-corrected chi connectivity index (χ1v) is 5.61. The van der Waals surface area contributed by atoms with Crippen molar-refractivity contribution in [1.82, 2.24) is 0 Å². The molecule has 1 aromatic carbocycles. The van der Waals surface area contributed by atoms with Crippen molar-refractivity contribution < 1.29 is 0 Å². The summed E-state index contributed by atoms with van der Waals surface area (Å²) in [7, 11) is 0.902. The van der Waals surface area contributed by atoms with Gasteiger partial charge in [0.1, 0.15) is 0 Å². The number of hydrogen-bond acceptors (Lipinski definition) is 0. The van der Waals surface area contributed by atoms with Gasteiger partial charge in [0, 0.05) is 6.42 Å². The van der Waals surface area contributed by atoms with Gasteiger partial charge in [-0.3, -0.25) is 0 Å². The number of rotatable bonds is 2. The van der Waals surface area contributed by atoms with Crippen molar-refractivity contribution >= 4 is 8.19 Å². The van der Waals surface area contributed by atoms with E-state index in [0.29, 0.717) is 0 Å². The SMILES string of the molecule is Cc1ccccc1Cc1ccc[pH]1. The van der Waals surface area contributed by atoms with Crippen molar-refractivity contribution in [3.05, 3.63) is 58.6 Å². The molecule has 13 heavy (non-hydrogen) atoms. The summed E-state index contributed by atoms with van der Waals surface area (Å²) in [5, 5.41) is 1.55. The van der Waals surface area contributed by atoms with E-state index in [1.165, 1.54) is 11.1 Å². The van der Waals surface area contributed by atoms with Crippen LogP contribution in [0.3, 0.4) is 0 Å². The molecule has 2 rings (SSSR count). The Balaban J connectivity index is 2.24. The van der Waals surface area contributed by atoms with Gasteiger partial charge in [0.2, 0.25) is 0 Å². The first kappa shape index (κ1) is 8.59. The van der Waals surface area contributed by atoms with E-state index in [1.54, 1.807) is 5.30 Å². The molecule has 0 fully saturated rings. The lowest BCUT2D eigenvalue weighted by Gasteiger charge is -2.02.